The molecule has 0 aliphatic heterocycles. The van der Waals surface area contributed by atoms with Crippen LogP contribution in [0, 0.1) is 0 Å². The molecule has 0 fully saturated rings. The van der Waals surface area contributed by atoms with Crippen molar-refractivity contribution in [2.45, 2.75) is 59.0 Å². The highest BCUT2D eigenvalue weighted by Gasteiger charge is 2.17. The Kier molecular flexibility index (Phi) is 6.36. The molecule has 0 spiro atoms. The number of ether oxygens (including phenoxy) is 1. The van der Waals surface area contributed by atoms with E-state index >= 15 is 0 Å². The molecule has 4 heteroatoms. The van der Waals surface area contributed by atoms with Crippen molar-refractivity contribution in [3.05, 3.63) is 17.0 Å². The molecule has 0 bridgehead atoms. The van der Waals surface area contributed by atoms with Gasteiger partial charge in [0.2, 0.25) is 0 Å². The zero-order valence-corrected chi connectivity index (χ0v) is 12.2. The molecule has 1 aromatic rings. The van der Waals surface area contributed by atoms with E-state index in [-0.39, 0.29) is 6.04 Å². The fourth-order valence-electron chi connectivity index (χ4n) is 2.27. The van der Waals surface area contributed by atoms with Crippen LogP contribution in [0.25, 0.3) is 0 Å². The first-order valence-electron chi connectivity index (χ1n) is 6.99. The predicted molar refractivity (Wildman–Crippen MR) is 74.8 cm³/mol. The number of nitrogens with zero attached hydrogens (tertiary/aromatic N) is 2. The molecule has 2 N–H and O–H groups in total. The Hall–Kier alpha value is -0.870. The summed E-state index contributed by atoms with van der Waals surface area (Å²) >= 11 is 0. The Labute approximate surface area is 111 Å². The predicted octanol–water partition coefficient (Wildman–Crippen LogP) is 1.93. The van der Waals surface area contributed by atoms with Gasteiger partial charge in [-0.2, -0.15) is 5.10 Å². The van der Waals surface area contributed by atoms with Crippen LogP contribution < -0.4 is 5.73 Å². The molecule has 104 valence electrons. The first-order valence-corrected chi connectivity index (χ1v) is 6.99. The number of aromatic nitrogens is 2. The van der Waals surface area contributed by atoms with Gasteiger partial charge in [0, 0.05) is 18.8 Å². The second-order valence-corrected chi connectivity index (χ2v) is 4.67. The van der Waals surface area contributed by atoms with Gasteiger partial charge in [0.25, 0.3) is 0 Å². The molecule has 0 aliphatic carbocycles. The van der Waals surface area contributed by atoms with Crippen molar-refractivity contribution >= 4 is 0 Å². The maximum Gasteiger partial charge on any atom is 0.0658 e. The molecular weight excluding hydrogens is 226 g/mol. The van der Waals surface area contributed by atoms with Gasteiger partial charge in [0.15, 0.2) is 0 Å². The van der Waals surface area contributed by atoms with Crippen molar-refractivity contribution in [3.8, 4) is 0 Å². The summed E-state index contributed by atoms with van der Waals surface area (Å²) in [5.41, 5.74) is 9.99. The van der Waals surface area contributed by atoms with Crippen molar-refractivity contribution in [2.24, 2.45) is 5.73 Å². The lowest BCUT2D eigenvalue weighted by atomic mass is 10.00. The topological polar surface area (TPSA) is 53.1 Å². The van der Waals surface area contributed by atoms with E-state index in [9.17, 15) is 0 Å². The van der Waals surface area contributed by atoms with Crippen LogP contribution in [0.3, 0.4) is 0 Å². The van der Waals surface area contributed by atoms with Crippen LogP contribution in [-0.2, 0) is 30.5 Å². The average molecular weight is 253 g/mol. The summed E-state index contributed by atoms with van der Waals surface area (Å²) in [6, 6.07) is 0.237. The molecule has 1 atom stereocenters. The minimum absolute atomic E-state index is 0.237. The van der Waals surface area contributed by atoms with Gasteiger partial charge in [-0.1, -0.05) is 20.8 Å². The average Bonchev–Trinajstić information content (AvgIpc) is 2.73. The molecule has 1 heterocycles. The number of hydrogen-bond donors (Lipinski definition) is 1. The van der Waals surface area contributed by atoms with E-state index in [1.54, 1.807) is 7.11 Å². The molecule has 4 nitrogen and oxygen atoms in total. The molecule has 0 aromatic carbocycles. The number of hydrogen-bond acceptors (Lipinski definition) is 3. The van der Waals surface area contributed by atoms with Crippen LogP contribution in [0.4, 0.5) is 0 Å². The van der Waals surface area contributed by atoms with Gasteiger partial charge >= 0.3 is 0 Å². The van der Waals surface area contributed by atoms with E-state index in [2.05, 4.69) is 25.5 Å². The lowest BCUT2D eigenvalue weighted by Gasteiger charge is -2.11. The van der Waals surface area contributed by atoms with Crippen LogP contribution in [0.5, 0.6) is 0 Å². The molecule has 0 amide bonds. The third-order valence-electron chi connectivity index (χ3n) is 3.42. The molecule has 18 heavy (non-hydrogen) atoms. The van der Waals surface area contributed by atoms with Gasteiger partial charge in [0.1, 0.15) is 0 Å². The van der Waals surface area contributed by atoms with Crippen molar-refractivity contribution in [3.63, 3.8) is 0 Å². The monoisotopic (exact) mass is 253 g/mol. The summed E-state index contributed by atoms with van der Waals surface area (Å²) in [6.07, 6.45) is 3.92. The molecule has 0 radical (unpaired) electrons. The lowest BCUT2D eigenvalue weighted by molar-refractivity contribution is 0.182. The lowest BCUT2D eigenvalue weighted by Crippen LogP contribution is -2.22. The van der Waals surface area contributed by atoms with Crippen LogP contribution in [0.2, 0.25) is 0 Å². The molecule has 0 saturated heterocycles. The Balaban J connectivity index is 3.00. The van der Waals surface area contributed by atoms with Gasteiger partial charge in [0.05, 0.1) is 18.8 Å². The van der Waals surface area contributed by atoms with Crippen LogP contribution in [0.15, 0.2) is 0 Å². The van der Waals surface area contributed by atoms with Crippen LogP contribution in [-0.4, -0.2) is 29.5 Å². The summed E-state index contributed by atoms with van der Waals surface area (Å²) < 4.78 is 7.24. The van der Waals surface area contributed by atoms with Crippen molar-refractivity contribution in [1.82, 2.24) is 9.78 Å². The normalized spacial score (nSPS) is 12.9. The van der Waals surface area contributed by atoms with E-state index in [1.165, 1.54) is 17.0 Å². The Morgan fingerprint density at radius 1 is 1.28 bits per heavy atom. The minimum atomic E-state index is 0.237. The van der Waals surface area contributed by atoms with E-state index in [0.717, 1.165) is 32.2 Å². The van der Waals surface area contributed by atoms with Gasteiger partial charge in [-0.3, -0.25) is 4.68 Å². The van der Waals surface area contributed by atoms with E-state index in [0.29, 0.717) is 6.61 Å². The number of methoxy groups -OCH3 is 1. The second kappa shape index (κ2) is 7.54. The molecule has 1 rings (SSSR count). The minimum Gasteiger partial charge on any atom is -0.383 e. The number of nitrogens with two attached hydrogens (primary N) is 1. The molecule has 1 unspecified atom stereocenters. The first kappa shape index (κ1) is 15.2. The fraction of sp³-hybridized carbons (Fsp3) is 0.786. The van der Waals surface area contributed by atoms with Gasteiger partial charge in [-0.15, -0.1) is 0 Å². The summed E-state index contributed by atoms with van der Waals surface area (Å²) in [4.78, 5) is 0. The van der Waals surface area contributed by atoms with Crippen molar-refractivity contribution in [2.75, 3.05) is 13.7 Å². The van der Waals surface area contributed by atoms with Crippen LogP contribution >= 0.6 is 0 Å². The highest BCUT2D eigenvalue weighted by molar-refractivity contribution is 5.28. The van der Waals surface area contributed by atoms with Gasteiger partial charge in [-0.25, -0.2) is 0 Å². The van der Waals surface area contributed by atoms with E-state index < -0.39 is 0 Å². The molecule has 0 saturated carbocycles. The quantitative estimate of drug-likeness (QED) is 0.770. The SMILES string of the molecule is CCc1nn(CCOC)c(CC)c1CC(N)CC. The van der Waals surface area contributed by atoms with Crippen LogP contribution in [0.1, 0.15) is 44.1 Å². The second-order valence-electron chi connectivity index (χ2n) is 4.67. The molecular formula is C14H27N3O. The standard InChI is InChI=1S/C14H27N3O/c1-5-11(15)10-12-13(6-2)16-17(8-9-18-4)14(12)7-3/h11H,5-10,15H2,1-4H3. The van der Waals surface area contributed by atoms with Gasteiger partial charge < -0.3 is 10.5 Å². The maximum atomic E-state index is 6.10. The largest absolute Gasteiger partial charge is 0.383 e. The number of aryl methyl sites for hydroxylation is 1. The third kappa shape index (κ3) is 3.56. The zero-order chi connectivity index (χ0) is 13.5. The Morgan fingerprint density at radius 2 is 2.00 bits per heavy atom. The van der Waals surface area contributed by atoms with Gasteiger partial charge in [-0.05, 0) is 31.2 Å². The third-order valence-corrected chi connectivity index (χ3v) is 3.42. The maximum absolute atomic E-state index is 6.10. The van der Waals surface area contributed by atoms with Crippen molar-refractivity contribution in [1.29, 1.82) is 0 Å². The highest BCUT2D eigenvalue weighted by atomic mass is 16.5. The Morgan fingerprint density at radius 3 is 2.50 bits per heavy atom. The summed E-state index contributed by atoms with van der Waals surface area (Å²) in [7, 11) is 1.73. The van der Waals surface area contributed by atoms with E-state index in [4.69, 9.17) is 15.6 Å². The zero-order valence-electron chi connectivity index (χ0n) is 12.2. The first-order chi connectivity index (χ1) is 8.67. The molecule has 1 aromatic heterocycles. The highest BCUT2D eigenvalue weighted by Crippen LogP contribution is 2.18. The fourth-order valence-corrected chi connectivity index (χ4v) is 2.27. The summed E-state index contributed by atoms with van der Waals surface area (Å²) in [6.45, 7) is 8.01. The number of rotatable bonds is 8. The van der Waals surface area contributed by atoms with Crippen molar-refractivity contribution < 1.29 is 4.74 Å². The smallest absolute Gasteiger partial charge is 0.0658 e. The summed E-state index contributed by atoms with van der Waals surface area (Å²) in [5, 5.41) is 4.71. The molecule has 0 aliphatic rings. The Bertz CT molecular complexity index is 360. The summed E-state index contributed by atoms with van der Waals surface area (Å²) in [5.74, 6) is 0. The van der Waals surface area contributed by atoms with E-state index in [1.807, 2.05) is 0 Å².